The molecule has 0 aliphatic heterocycles. The Bertz CT molecular complexity index is 1530. The molecule has 1 fully saturated rings. The van der Waals surface area contributed by atoms with E-state index in [0.717, 1.165) is 0 Å². The van der Waals surface area contributed by atoms with E-state index in [-0.39, 0.29) is 30.3 Å². The molecule has 0 saturated heterocycles. The van der Waals surface area contributed by atoms with Crippen LogP contribution in [0.1, 0.15) is 75.1 Å². The van der Waals surface area contributed by atoms with Crippen LogP contribution in [0.2, 0.25) is 0 Å². The van der Waals surface area contributed by atoms with Gasteiger partial charge in [-0.3, -0.25) is 14.4 Å². The van der Waals surface area contributed by atoms with Gasteiger partial charge < -0.3 is 14.2 Å². The molecule has 8 nitrogen and oxygen atoms in total. The third-order valence-electron chi connectivity index (χ3n) is 8.59. The molecule has 0 bridgehead atoms. The van der Waals surface area contributed by atoms with Crippen LogP contribution in [0, 0.1) is 23.2 Å². The first kappa shape index (κ1) is 39.0. The number of carbonyl (C=O) groups excluding carboxylic acids is 5. The van der Waals surface area contributed by atoms with E-state index in [1.165, 1.54) is 6.92 Å². The van der Waals surface area contributed by atoms with E-state index in [9.17, 15) is 24.0 Å². The number of hydrogen-bond acceptors (Lipinski definition) is 8. The van der Waals surface area contributed by atoms with Crippen molar-refractivity contribution < 1.29 is 38.2 Å². The molecule has 2 aromatic carbocycles. The summed E-state index contributed by atoms with van der Waals surface area (Å²) in [7, 11) is 0. The average Bonchev–Trinajstić information content (AvgIpc) is 3.28. The summed E-state index contributed by atoms with van der Waals surface area (Å²) in [5.74, 6) is -4.43. The number of halogens is 3. The highest BCUT2D eigenvalue weighted by atomic mass is 35.6. The Morgan fingerprint density at radius 1 is 0.854 bits per heavy atom. The van der Waals surface area contributed by atoms with Crippen molar-refractivity contribution in [2.45, 2.75) is 76.5 Å². The predicted molar refractivity (Wildman–Crippen MR) is 185 cm³/mol. The lowest BCUT2D eigenvalue weighted by atomic mass is 9.76. The number of hydrogen-bond donors (Lipinski definition) is 0. The highest BCUT2D eigenvalue weighted by molar-refractivity contribution is 6.63. The maximum absolute atomic E-state index is 14.3. The summed E-state index contributed by atoms with van der Waals surface area (Å²) in [4.78, 5) is 66.9. The van der Waals surface area contributed by atoms with Crippen LogP contribution in [-0.4, -0.2) is 51.6 Å². The van der Waals surface area contributed by atoms with Crippen LogP contribution in [0.25, 0.3) is 0 Å². The van der Waals surface area contributed by atoms with Crippen molar-refractivity contribution in [1.82, 2.24) is 0 Å². The second kappa shape index (κ2) is 16.8. The maximum Gasteiger partial charge on any atom is 0.338 e. The molecule has 0 heterocycles. The highest BCUT2D eigenvalue weighted by Crippen LogP contribution is 2.48. The molecule has 2 aromatic rings. The van der Waals surface area contributed by atoms with Gasteiger partial charge in [-0.15, -0.1) is 0 Å². The minimum absolute atomic E-state index is 0.113. The predicted octanol–water partition coefficient (Wildman–Crippen LogP) is 8.09. The smallest absolute Gasteiger partial charge is 0.338 e. The van der Waals surface area contributed by atoms with Crippen molar-refractivity contribution in [1.29, 1.82) is 0 Å². The summed E-state index contributed by atoms with van der Waals surface area (Å²) in [5.41, 5.74) is -1.51. The van der Waals surface area contributed by atoms with Crippen molar-refractivity contribution in [3.8, 4) is 0 Å². The SMILES string of the molecule is CC(=O)O[C@]12C[C@H](C)[C@H](OC(=O)c3ccccc3)[C@@H]1/C=C(\C)[C@H](OC(=O)c1ccccc1)CC(=O)C(C)(C)/C=C/[C@@H](C)C2=O.ClC(Cl)Cl. The van der Waals surface area contributed by atoms with Crippen LogP contribution in [0.5, 0.6) is 0 Å². The molecule has 6 atom stereocenters. The lowest BCUT2D eigenvalue weighted by Gasteiger charge is -2.36. The standard InChI is InChI=1S/C36H40O8.CHCl3/c1-22-17-18-35(5,6)30(38)20-29(42-33(40)26-13-9-7-10-14-26)23(2)19-28-31(43-34(41)27-15-11-8-12-16-27)24(3)21-36(28,32(22)39)44-25(4)37;2-1(3)4/h7-19,22,24,28-29,31H,20-21H2,1-6H3;1H/b18-17+,23-19+;/t22-,24+,28+,29-,31+,36-;/m1./s1. The average molecular weight is 720 g/mol. The number of ether oxygens (including phenoxy) is 3. The zero-order valence-electron chi connectivity index (χ0n) is 27.8. The molecule has 0 amide bonds. The molecule has 2 aliphatic carbocycles. The molecule has 0 spiro atoms. The van der Waals surface area contributed by atoms with Crippen molar-refractivity contribution in [3.05, 3.63) is 95.6 Å². The van der Waals surface area contributed by atoms with E-state index >= 15 is 0 Å². The van der Waals surface area contributed by atoms with Gasteiger partial charge in [-0.05, 0) is 56.5 Å². The molecule has 0 unspecified atom stereocenters. The van der Waals surface area contributed by atoms with Crippen molar-refractivity contribution in [3.63, 3.8) is 0 Å². The van der Waals surface area contributed by atoms with Gasteiger partial charge in [0.25, 0.3) is 0 Å². The monoisotopic (exact) mass is 718 g/mol. The van der Waals surface area contributed by atoms with Crippen molar-refractivity contribution >= 4 is 64.3 Å². The van der Waals surface area contributed by atoms with Gasteiger partial charge in [-0.25, -0.2) is 9.59 Å². The molecular formula is C37H41Cl3O8. The lowest BCUT2D eigenvalue weighted by Crippen LogP contribution is -2.50. The van der Waals surface area contributed by atoms with E-state index in [1.54, 1.807) is 107 Å². The van der Waals surface area contributed by atoms with Crippen molar-refractivity contribution in [2.75, 3.05) is 0 Å². The van der Waals surface area contributed by atoms with Crippen LogP contribution in [0.3, 0.4) is 0 Å². The van der Waals surface area contributed by atoms with Crippen LogP contribution in [0.4, 0.5) is 0 Å². The van der Waals surface area contributed by atoms with Gasteiger partial charge in [-0.2, -0.15) is 0 Å². The van der Waals surface area contributed by atoms with Crippen LogP contribution in [-0.2, 0) is 28.6 Å². The maximum atomic E-state index is 14.3. The minimum atomic E-state index is -1.67. The fraction of sp³-hybridized carbons (Fsp3) is 0.432. The Hall–Kier alpha value is -3.46. The fourth-order valence-corrected chi connectivity index (χ4v) is 6.06. The number of alkyl halides is 3. The second-order valence-electron chi connectivity index (χ2n) is 12.7. The molecule has 48 heavy (non-hydrogen) atoms. The van der Waals surface area contributed by atoms with E-state index in [0.29, 0.717) is 16.7 Å². The first-order valence-corrected chi connectivity index (χ1v) is 16.9. The summed E-state index contributed by atoms with van der Waals surface area (Å²) < 4.78 is 17.2. The van der Waals surface area contributed by atoms with E-state index in [2.05, 4.69) is 0 Å². The first-order chi connectivity index (χ1) is 22.5. The molecule has 4 rings (SSSR count). The first-order valence-electron chi connectivity index (χ1n) is 15.6. The number of allylic oxidation sites excluding steroid dienone is 2. The third-order valence-corrected chi connectivity index (χ3v) is 8.59. The van der Waals surface area contributed by atoms with E-state index < -0.39 is 57.3 Å². The zero-order chi connectivity index (χ0) is 35.8. The second-order valence-corrected chi connectivity index (χ2v) is 14.7. The topological polar surface area (TPSA) is 113 Å². The normalized spacial score (nSPS) is 28.6. The number of carbonyl (C=O) groups is 5. The summed E-state index contributed by atoms with van der Waals surface area (Å²) >= 11 is 14.4. The molecule has 258 valence electrons. The summed E-state index contributed by atoms with van der Waals surface area (Å²) in [6.45, 7) is 9.97. The summed E-state index contributed by atoms with van der Waals surface area (Å²) in [6.07, 6.45) is 3.15. The van der Waals surface area contributed by atoms with Gasteiger partial charge in [-0.1, -0.05) is 103 Å². The number of esters is 3. The zero-order valence-corrected chi connectivity index (χ0v) is 30.1. The van der Waals surface area contributed by atoms with Gasteiger partial charge in [0.2, 0.25) is 0 Å². The molecule has 0 radical (unpaired) electrons. The number of fused-ring (bicyclic) bond motifs is 1. The van der Waals surface area contributed by atoms with Crippen LogP contribution >= 0.6 is 34.8 Å². The van der Waals surface area contributed by atoms with Gasteiger partial charge >= 0.3 is 17.9 Å². The molecule has 2 aliphatic rings. The summed E-state index contributed by atoms with van der Waals surface area (Å²) in [6, 6.07) is 16.9. The van der Waals surface area contributed by atoms with Crippen LogP contribution < -0.4 is 0 Å². The number of rotatable bonds is 5. The quantitative estimate of drug-likeness (QED) is 0.132. The molecular weight excluding hydrogens is 679 g/mol. The fourth-order valence-electron chi connectivity index (χ4n) is 6.06. The van der Waals surface area contributed by atoms with Gasteiger partial charge in [0, 0.05) is 31.1 Å². The molecule has 0 aromatic heterocycles. The molecule has 1 saturated carbocycles. The largest absolute Gasteiger partial charge is 0.458 e. The van der Waals surface area contributed by atoms with Gasteiger partial charge in [0.15, 0.2) is 15.7 Å². The Morgan fingerprint density at radius 2 is 1.35 bits per heavy atom. The van der Waals surface area contributed by atoms with Gasteiger partial charge in [0.05, 0.1) is 17.0 Å². The minimum Gasteiger partial charge on any atom is -0.458 e. The Kier molecular flexibility index (Phi) is 13.6. The lowest BCUT2D eigenvalue weighted by molar-refractivity contribution is -0.171. The number of benzene rings is 2. The van der Waals surface area contributed by atoms with E-state index in [4.69, 9.17) is 49.0 Å². The number of Topliss-reactive ketones (excluding diaryl/α,β-unsaturated/α-hetero) is 2. The number of ketones is 2. The Balaban J connectivity index is 0.00000148. The highest BCUT2D eigenvalue weighted by Gasteiger charge is 2.60. The Morgan fingerprint density at radius 3 is 1.85 bits per heavy atom. The van der Waals surface area contributed by atoms with Gasteiger partial charge in [0.1, 0.15) is 18.0 Å². The molecule has 0 N–H and O–H groups in total. The third kappa shape index (κ3) is 9.80. The molecule has 11 heteroatoms. The van der Waals surface area contributed by atoms with Crippen LogP contribution in [0.15, 0.2) is 84.5 Å². The summed E-state index contributed by atoms with van der Waals surface area (Å²) in [5, 5.41) is 0. The van der Waals surface area contributed by atoms with Crippen molar-refractivity contribution in [2.24, 2.45) is 23.2 Å². The van der Waals surface area contributed by atoms with E-state index in [1.807, 2.05) is 6.92 Å². The Labute approximate surface area is 296 Å².